The third-order valence-electron chi connectivity index (χ3n) is 5.48. The fraction of sp³-hybridized carbons (Fsp3) is 0.478. The zero-order valence-corrected chi connectivity index (χ0v) is 21.0. The number of rotatable bonds is 11. The summed E-state index contributed by atoms with van der Waals surface area (Å²) in [5.74, 6) is 0.824. The molecule has 0 amide bonds. The van der Waals surface area contributed by atoms with Crippen molar-refractivity contribution in [1.29, 1.82) is 0 Å². The van der Waals surface area contributed by atoms with E-state index in [9.17, 15) is 10.0 Å². The smallest absolute Gasteiger partial charge is 0.310 e. The Labute approximate surface area is 206 Å². The molecule has 2 unspecified atom stereocenters. The van der Waals surface area contributed by atoms with Crippen LogP contribution in [0.3, 0.4) is 0 Å². The first-order valence-corrected chi connectivity index (χ1v) is 13.4. The van der Waals surface area contributed by atoms with Crippen molar-refractivity contribution >= 4 is 55.6 Å². The number of halogens is 1. The van der Waals surface area contributed by atoms with Crippen LogP contribution in [0.5, 0.6) is 5.75 Å². The van der Waals surface area contributed by atoms with Crippen molar-refractivity contribution in [1.82, 2.24) is 14.5 Å². The molecule has 0 saturated carbocycles. The molecule has 1 aliphatic heterocycles. The SMILES string of the molecule is CCCOc1cccc2sc([N+]3([O-])CN(CCCCl)CC3OC(=O)CCc3cccs3)nc12. The molecule has 2 aromatic heterocycles. The second kappa shape index (κ2) is 11.1. The monoisotopic (exact) mass is 509 g/mol. The molecule has 1 aliphatic rings. The first kappa shape index (κ1) is 24.4. The van der Waals surface area contributed by atoms with Crippen LogP contribution >= 0.6 is 34.3 Å². The average molecular weight is 510 g/mol. The highest BCUT2D eigenvalue weighted by Gasteiger charge is 2.46. The Kier molecular flexibility index (Phi) is 8.21. The minimum atomic E-state index is -0.864. The van der Waals surface area contributed by atoms with E-state index in [-0.39, 0.29) is 19.1 Å². The quantitative estimate of drug-likeness (QED) is 0.150. The lowest BCUT2D eigenvalue weighted by Crippen LogP contribution is -2.50. The molecule has 3 heterocycles. The number of para-hydroxylation sites is 1. The third kappa shape index (κ3) is 5.67. The van der Waals surface area contributed by atoms with E-state index < -0.39 is 10.9 Å². The molecular weight excluding hydrogens is 482 g/mol. The molecule has 0 aliphatic carbocycles. The summed E-state index contributed by atoms with van der Waals surface area (Å²) in [6, 6.07) is 9.67. The van der Waals surface area contributed by atoms with Crippen LogP contribution in [-0.4, -0.2) is 54.3 Å². The van der Waals surface area contributed by atoms with Gasteiger partial charge in [-0.2, -0.15) is 4.98 Å². The van der Waals surface area contributed by atoms with Crippen LogP contribution in [0.25, 0.3) is 10.2 Å². The van der Waals surface area contributed by atoms with Gasteiger partial charge in [0.25, 0.3) is 11.4 Å². The predicted molar refractivity (Wildman–Crippen MR) is 135 cm³/mol. The summed E-state index contributed by atoms with van der Waals surface area (Å²) in [5.41, 5.74) is 0.682. The predicted octanol–water partition coefficient (Wildman–Crippen LogP) is 5.36. The highest BCUT2D eigenvalue weighted by Crippen LogP contribution is 2.40. The number of fused-ring (bicyclic) bond motifs is 1. The van der Waals surface area contributed by atoms with Gasteiger partial charge in [-0.25, -0.2) is 4.90 Å². The van der Waals surface area contributed by atoms with Crippen molar-refractivity contribution in [3.8, 4) is 5.75 Å². The lowest BCUT2D eigenvalue weighted by Gasteiger charge is -2.38. The van der Waals surface area contributed by atoms with Crippen LogP contribution in [0.4, 0.5) is 5.13 Å². The minimum Gasteiger partial charge on any atom is -0.622 e. The number of thiazole rings is 1. The summed E-state index contributed by atoms with van der Waals surface area (Å²) < 4.78 is 11.7. The van der Waals surface area contributed by atoms with E-state index in [2.05, 4.69) is 4.98 Å². The maximum Gasteiger partial charge on any atom is 0.310 e. The Bertz CT molecular complexity index is 1060. The Morgan fingerprint density at radius 2 is 2.24 bits per heavy atom. The molecule has 178 valence electrons. The lowest BCUT2D eigenvalue weighted by atomic mass is 10.3. The van der Waals surface area contributed by atoms with Crippen LogP contribution in [-0.2, 0) is 16.0 Å². The first-order chi connectivity index (χ1) is 16.0. The third-order valence-corrected chi connectivity index (χ3v) is 7.81. The maximum absolute atomic E-state index is 14.2. The molecule has 1 saturated heterocycles. The maximum atomic E-state index is 14.2. The molecule has 0 bridgehead atoms. The Morgan fingerprint density at radius 1 is 1.36 bits per heavy atom. The number of hydrogen-bond donors (Lipinski definition) is 0. The van der Waals surface area contributed by atoms with Crippen LogP contribution < -0.4 is 9.38 Å². The zero-order chi connectivity index (χ0) is 23.3. The number of aromatic nitrogens is 1. The van der Waals surface area contributed by atoms with Gasteiger partial charge in [-0.3, -0.25) is 9.44 Å². The van der Waals surface area contributed by atoms with Crippen LogP contribution in [0.1, 0.15) is 31.1 Å². The summed E-state index contributed by atoms with van der Waals surface area (Å²) in [6.45, 7) is 3.83. The standard InChI is InChI=1S/C23H28ClN3O4S2/c1-2-13-30-18-7-3-8-19-22(18)25-23(33-19)27(29)16-26(12-5-11-24)15-20(27)31-21(28)10-9-17-6-4-14-32-17/h3-4,6-8,14,20H,2,5,9-13,15-16H2,1H3. The Morgan fingerprint density at radius 3 is 3.00 bits per heavy atom. The van der Waals surface area contributed by atoms with Crippen LogP contribution in [0.2, 0.25) is 0 Å². The van der Waals surface area contributed by atoms with E-state index in [1.165, 1.54) is 11.3 Å². The average Bonchev–Trinajstić information content (AvgIpc) is 3.55. The molecule has 0 N–H and O–H groups in total. The number of aryl methyl sites for hydroxylation is 1. The van der Waals surface area contributed by atoms with Crippen molar-refractivity contribution in [3.63, 3.8) is 0 Å². The van der Waals surface area contributed by atoms with Gasteiger partial charge >= 0.3 is 5.97 Å². The molecule has 0 radical (unpaired) electrons. The van der Waals surface area contributed by atoms with Gasteiger partial charge in [0.15, 0.2) is 0 Å². The molecule has 4 rings (SSSR count). The fourth-order valence-corrected chi connectivity index (χ4v) is 5.72. The molecule has 1 fully saturated rings. The summed E-state index contributed by atoms with van der Waals surface area (Å²) in [4.78, 5) is 20.5. The second-order valence-electron chi connectivity index (χ2n) is 8.03. The van der Waals surface area contributed by atoms with E-state index >= 15 is 0 Å². The topological polar surface area (TPSA) is 74.7 Å². The van der Waals surface area contributed by atoms with Gasteiger partial charge in [0.1, 0.15) is 17.9 Å². The van der Waals surface area contributed by atoms with E-state index in [0.717, 1.165) is 22.4 Å². The summed E-state index contributed by atoms with van der Waals surface area (Å²) in [6.07, 6.45) is 1.63. The van der Waals surface area contributed by atoms with Crippen molar-refractivity contribution < 1.29 is 14.3 Å². The highest BCUT2D eigenvalue weighted by molar-refractivity contribution is 7.22. The Hall–Kier alpha value is -1.75. The minimum absolute atomic E-state index is 0.171. The highest BCUT2D eigenvalue weighted by atomic mass is 35.5. The zero-order valence-electron chi connectivity index (χ0n) is 18.6. The largest absolute Gasteiger partial charge is 0.622 e. The summed E-state index contributed by atoms with van der Waals surface area (Å²) in [7, 11) is 0. The number of quaternary nitrogens is 1. The number of alkyl halides is 1. The van der Waals surface area contributed by atoms with Gasteiger partial charge in [0.2, 0.25) is 0 Å². The molecular formula is C23H28ClN3O4S2. The second-order valence-corrected chi connectivity index (χ2v) is 10.4. The number of esters is 1. The molecule has 2 atom stereocenters. The number of carbonyl (C=O) groups is 1. The molecule has 3 aromatic rings. The van der Waals surface area contributed by atoms with Crippen LogP contribution in [0, 0.1) is 5.21 Å². The van der Waals surface area contributed by atoms with Crippen molar-refractivity contribution in [3.05, 3.63) is 45.8 Å². The van der Waals surface area contributed by atoms with Gasteiger partial charge in [-0.15, -0.1) is 22.9 Å². The Balaban J connectivity index is 1.56. The van der Waals surface area contributed by atoms with Crippen molar-refractivity contribution in [2.45, 2.75) is 38.8 Å². The molecule has 7 nitrogen and oxygen atoms in total. The number of benzene rings is 1. The number of ether oxygens (including phenoxy) is 2. The van der Waals surface area contributed by atoms with E-state index in [4.69, 9.17) is 21.1 Å². The van der Waals surface area contributed by atoms with Crippen molar-refractivity contribution in [2.75, 3.05) is 32.2 Å². The number of hydroxylamine groups is 2. The fourth-order valence-electron chi connectivity index (χ4n) is 3.84. The lowest BCUT2D eigenvalue weighted by molar-refractivity contribution is -0.153. The van der Waals surface area contributed by atoms with Gasteiger partial charge < -0.3 is 14.7 Å². The van der Waals surface area contributed by atoms with E-state index in [1.54, 1.807) is 11.3 Å². The van der Waals surface area contributed by atoms with Gasteiger partial charge in [0, 0.05) is 17.3 Å². The molecule has 1 aromatic carbocycles. The van der Waals surface area contributed by atoms with Crippen LogP contribution in [0.15, 0.2) is 35.7 Å². The van der Waals surface area contributed by atoms with E-state index in [0.29, 0.717) is 48.4 Å². The molecule has 33 heavy (non-hydrogen) atoms. The number of carbonyl (C=O) groups excluding carboxylic acids is 1. The normalized spacial score (nSPS) is 21.0. The number of thiophene rings is 1. The summed E-state index contributed by atoms with van der Waals surface area (Å²) >= 11 is 8.82. The van der Waals surface area contributed by atoms with Gasteiger partial charge in [-0.05, 0) is 42.8 Å². The molecule has 0 spiro atoms. The molecule has 10 heteroatoms. The summed E-state index contributed by atoms with van der Waals surface area (Å²) in [5, 5.41) is 16.5. The van der Waals surface area contributed by atoms with Gasteiger partial charge in [0.05, 0.1) is 24.3 Å². The first-order valence-electron chi connectivity index (χ1n) is 11.2. The van der Waals surface area contributed by atoms with E-state index in [1.807, 2.05) is 47.5 Å². The number of nitrogens with zero attached hydrogens (tertiary/aromatic N) is 3. The number of hydrogen-bond acceptors (Lipinski definition) is 8. The van der Waals surface area contributed by atoms with Crippen molar-refractivity contribution in [2.24, 2.45) is 0 Å². The van der Waals surface area contributed by atoms with Gasteiger partial charge in [-0.1, -0.05) is 30.4 Å².